The maximum absolute atomic E-state index is 12.0. The van der Waals surface area contributed by atoms with E-state index in [2.05, 4.69) is 10.6 Å². The number of nitrogens with one attached hydrogen (secondary N) is 2. The molecular weight excluding hydrogens is 320 g/mol. The van der Waals surface area contributed by atoms with E-state index in [1.807, 2.05) is 19.1 Å². The summed E-state index contributed by atoms with van der Waals surface area (Å²) in [4.78, 5) is 23.9. The summed E-state index contributed by atoms with van der Waals surface area (Å²) >= 11 is 0. The van der Waals surface area contributed by atoms with Crippen molar-refractivity contribution >= 4 is 11.8 Å². The standard InChI is InChI=1S/C19H22N2O4/c1-13-3-5-15(6-4-13)19(24)21-12-11-20-18(23)14(2)25-17-9-7-16(22)8-10-17/h3-10,14,22H,11-12H2,1-2H3,(H,20,23)(H,21,24). The van der Waals surface area contributed by atoms with E-state index in [0.717, 1.165) is 5.56 Å². The van der Waals surface area contributed by atoms with Crippen molar-refractivity contribution in [1.82, 2.24) is 10.6 Å². The Kier molecular flexibility index (Phi) is 6.39. The largest absolute Gasteiger partial charge is 0.508 e. The average Bonchev–Trinajstić information content (AvgIpc) is 2.60. The summed E-state index contributed by atoms with van der Waals surface area (Å²) in [6.07, 6.45) is -0.683. The van der Waals surface area contributed by atoms with Gasteiger partial charge in [-0.2, -0.15) is 0 Å². The van der Waals surface area contributed by atoms with Crippen LogP contribution in [0.15, 0.2) is 48.5 Å². The van der Waals surface area contributed by atoms with E-state index in [-0.39, 0.29) is 17.6 Å². The summed E-state index contributed by atoms with van der Waals surface area (Å²) < 4.78 is 5.48. The zero-order valence-corrected chi connectivity index (χ0v) is 14.3. The van der Waals surface area contributed by atoms with Crippen molar-refractivity contribution in [3.63, 3.8) is 0 Å². The Bertz CT molecular complexity index is 711. The van der Waals surface area contributed by atoms with E-state index in [0.29, 0.717) is 24.4 Å². The number of carbonyl (C=O) groups excluding carboxylic acids is 2. The maximum atomic E-state index is 12.0. The van der Waals surface area contributed by atoms with Crippen molar-refractivity contribution in [1.29, 1.82) is 0 Å². The van der Waals surface area contributed by atoms with Gasteiger partial charge in [0.05, 0.1) is 0 Å². The molecule has 2 amide bonds. The number of benzene rings is 2. The molecule has 25 heavy (non-hydrogen) atoms. The number of hydrogen-bond acceptors (Lipinski definition) is 4. The molecule has 132 valence electrons. The van der Waals surface area contributed by atoms with Crippen molar-refractivity contribution in [3.05, 3.63) is 59.7 Å². The van der Waals surface area contributed by atoms with E-state index in [1.165, 1.54) is 12.1 Å². The molecule has 2 aromatic rings. The lowest BCUT2D eigenvalue weighted by Gasteiger charge is -2.15. The summed E-state index contributed by atoms with van der Waals surface area (Å²) in [6.45, 7) is 4.22. The third kappa shape index (κ3) is 5.84. The number of ether oxygens (including phenoxy) is 1. The van der Waals surface area contributed by atoms with Gasteiger partial charge in [0.1, 0.15) is 11.5 Å². The van der Waals surface area contributed by atoms with Crippen LogP contribution in [0.4, 0.5) is 0 Å². The van der Waals surface area contributed by atoms with Crippen LogP contribution in [-0.2, 0) is 4.79 Å². The monoisotopic (exact) mass is 342 g/mol. The molecule has 0 aliphatic heterocycles. The van der Waals surface area contributed by atoms with Crippen molar-refractivity contribution in [3.8, 4) is 11.5 Å². The number of phenols is 1. The number of rotatable bonds is 7. The Labute approximate surface area is 146 Å². The van der Waals surface area contributed by atoms with E-state index in [1.54, 1.807) is 31.2 Å². The molecule has 0 heterocycles. The van der Waals surface area contributed by atoms with Crippen LogP contribution in [0.2, 0.25) is 0 Å². The molecule has 1 unspecified atom stereocenters. The minimum absolute atomic E-state index is 0.133. The lowest BCUT2D eigenvalue weighted by molar-refractivity contribution is -0.127. The second-order valence-electron chi connectivity index (χ2n) is 5.67. The first kappa shape index (κ1) is 18.3. The first-order chi connectivity index (χ1) is 12.0. The van der Waals surface area contributed by atoms with Crippen molar-refractivity contribution in [2.24, 2.45) is 0 Å². The van der Waals surface area contributed by atoms with Gasteiger partial charge < -0.3 is 20.5 Å². The zero-order chi connectivity index (χ0) is 18.2. The topological polar surface area (TPSA) is 87.7 Å². The molecule has 0 spiro atoms. The summed E-state index contributed by atoms with van der Waals surface area (Å²) in [6, 6.07) is 13.4. The van der Waals surface area contributed by atoms with Gasteiger partial charge in [0.25, 0.3) is 11.8 Å². The molecule has 0 aromatic heterocycles. The fourth-order valence-electron chi connectivity index (χ4n) is 2.09. The molecule has 0 fully saturated rings. The Balaban J connectivity index is 1.69. The number of aromatic hydroxyl groups is 1. The van der Waals surface area contributed by atoms with Crippen LogP contribution in [-0.4, -0.2) is 36.1 Å². The zero-order valence-electron chi connectivity index (χ0n) is 14.3. The highest BCUT2D eigenvalue weighted by molar-refractivity contribution is 5.94. The predicted molar refractivity (Wildman–Crippen MR) is 94.7 cm³/mol. The molecule has 1 atom stereocenters. The molecule has 2 rings (SSSR count). The van der Waals surface area contributed by atoms with Crippen molar-refractivity contribution in [2.75, 3.05) is 13.1 Å². The van der Waals surface area contributed by atoms with Gasteiger partial charge in [-0.25, -0.2) is 0 Å². The van der Waals surface area contributed by atoms with E-state index in [4.69, 9.17) is 4.74 Å². The molecule has 0 radical (unpaired) electrons. The lowest BCUT2D eigenvalue weighted by atomic mass is 10.1. The maximum Gasteiger partial charge on any atom is 0.260 e. The molecule has 0 aliphatic rings. The number of hydrogen-bond donors (Lipinski definition) is 3. The molecular formula is C19H22N2O4. The SMILES string of the molecule is Cc1ccc(C(=O)NCCNC(=O)C(C)Oc2ccc(O)cc2)cc1. The highest BCUT2D eigenvalue weighted by Crippen LogP contribution is 2.17. The van der Waals surface area contributed by atoms with E-state index >= 15 is 0 Å². The van der Waals surface area contributed by atoms with Gasteiger partial charge in [-0.15, -0.1) is 0 Å². The quantitative estimate of drug-likeness (QED) is 0.672. The highest BCUT2D eigenvalue weighted by Gasteiger charge is 2.14. The van der Waals surface area contributed by atoms with Gasteiger partial charge in [-0.1, -0.05) is 17.7 Å². The minimum atomic E-state index is -0.683. The molecule has 0 saturated heterocycles. The van der Waals surface area contributed by atoms with Crippen LogP contribution in [0, 0.1) is 6.92 Å². The van der Waals surface area contributed by atoms with Gasteiger partial charge >= 0.3 is 0 Å². The number of amides is 2. The second-order valence-corrected chi connectivity index (χ2v) is 5.67. The van der Waals surface area contributed by atoms with Gasteiger partial charge in [-0.3, -0.25) is 9.59 Å². The minimum Gasteiger partial charge on any atom is -0.508 e. The van der Waals surface area contributed by atoms with Crippen LogP contribution in [0.1, 0.15) is 22.8 Å². The van der Waals surface area contributed by atoms with Gasteiger partial charge in [-0.05, 0) is 50.2 Å². The molecule has 6 heteroatoms. The third-order valence-corrected chi connectivity index (χ3v) is 3.54. The van der Waals surface area contributed by atoms with E-state index < -0.39 is 6.10 Å². The first-order valence-corrected chi connectivity index (χ1v) is 8.04. The van der Waals surface area contributed by atoms with Gasteiger partial charge in [0, 0.05) is 18.7 Å². The summed E-state index contributed by atoms with van der Waals surface area (Å²) in [7, 11) is 0. The van der Waals surface area contributed by atoms with Gasteiger partial charge in [0.15, 0.2) is 6.10 Å². The Morgan fingerprint density at radius 2 is 1.60 bits per heavy atom. The van der Waals surface area contributed by atoms with Crippen LogP contribution in [0.25, 0.3) is 0 Å². The average molecular weight is 342 g/mol. The fourth-order valence-corrected chi connectivity index (χ4v) is 2.09. The van der Waals surface area contributed by atoms with Gasteiger partial charge in [0.2, 0.25) is 0 Å². The number of carbonyl (C=O) groups is 2. The number of phenolic OH excluding ortho intramolecular Hbond substituents is 1. The normalized spacial score (nSPS) is 11.4. The molecule has 6 nitrogen and oxygen atoms in total. The Morgan fingerprint density at radius 3 is 2.24 bits per heavy atom. The molecule has 3 N–H and O–H groups in total. The molecule has 0 bridgehead atoms. The summed E-state index contributed by atoms with van der Waals surface area (Å²) in [5.41, 5.74) is 1.67. The fraction of sp³-hybridized carbons (Fsp3) is 0.263. The first-order valence-electron chi connectivity index (χ1n) is 8.04. The summed E-state index contributed by atoms with van der Waals surface area (Å²) in [5, 5.41) is 14.7. The molecule has 2 aromatic carbocycles. The number of aryl methyl sites for hydroxylation is 1. The molecule has 0 aliphatic carbocycles. The molecule has 0 saturated carbocycles. The van der Waals surface area contributed by atoms with Crippen LogP contribution >= 0.6 is 0 Å². The van der Waals surface area contributed by atoms with E-state index in [9.17, 15) is 14.7 Å². The third-order valence-electron chi connectivity index (χ3n) is 3.54. The second kappa shape index (κ2) is 8.73. The van der Waals surface area contributed by atoms with Crippen molar-refractivity contribution in [2.45, 2.75) is 20.0 Å². The smallest absolute Gasteiger partial charge is 0.260 e. The lowest BCUT2D eigenvalue weighted by Crippen LogP contribution is -2.40. The Morgan fingerprint density at radius 1 is 1.00 bits per heavy atom. The van der Waals surface area contributed by atoms with Crippen LogP contribution in [0.3, 0.4) is 0 Å². The van der Waals surface area contributed by atoms with Crippen LogP contribution in [0.5, 0.6) is 11.5 Å². The van der Waals surface area contributed by atoms with Crippen LogP contribution < -0.4 is 15.4 Å². The predicted octanol–water partition coefficient (Wildman–Crippen LogP) is 2.01. The summed E-state index contributed by atoms with van der Waals surface area (Å²) in [5.74, 6) is 0.169. The van der Waals surface area contributed by atoms with Crippen molar-refractivity contribution < 1.29 is 19.4 Å². The Hall–Kier alpha value is -3.02. The highest BCUT2D eigenvalue weighted by atomic mass is 16.5.